The van der Waals surface area contributed by atoms with Gasteiger partial charge in [0.2, 0.25) is 0 Å². The minimum atomic E-state index is -3.28. The zero-order chi connectivity index (χ0) is 14.6. The zero-order valence-electron chi connectivity index (χ0n) is 10.9. The first-order valence-electron chi connectivity index (χ1n) is 5.96. The molecule has 0 aliphatic rings. The molecule has 0 amide bonds. The van der Waals surface area contributed by atoms with Crippen LogP contribution in [0.4, 0.5) is 0 Å². The summed E-state index contributed by atoms with van der Waals surface area (Å²) in [6, 6.07) is 6.78. The molecule has 0 unspecified atom stereocenters. The highest BCUT2D eigenvalue weighted by atomic mass is 32.2. The topological polar surface area (TPSA) is 85.9 Å². The van der Waals surface area contributed by atoms with Crippen LogP contribution in [-0.2, 0) is 16.4 Å². The van der Waals surface area contributed by atoms with Gasteiger partial charge in [0.1, 0.15) is 5.82 Å². The van der Waals surface area contributed by atoms with Crippen LogP contribution >= 0.6 is 23.3 Å². The Morgan fingerprint density at radius 3 is 2.85 bits per heavy atom. The smallest absolute Gasteiger partial charge is 0.179 e. The van der Waals surface area contributed by atoms with Crippen LogP contribution in [0.15, 0.2) is 33.5 Å². The lowest BCUT2D eigenvalue weighted by atomic mass is 10.2. The highest BCUT2D eigenvalue weighted by Crippen LogP contribution is 2.21. The van der Waals surface area contributed by atoms with Crippen LogP contribution in [0.3, 0.4) is 0 Å². The van der Waals surface area contributed by atoms with E-state index >= 15 is 0 Å². The lowest BCUT2D eigenvalue weighted by Gasteiger charge is -2.05. The molecule has 20 heavy (non-hydrogen) atoms. The molecule has 0 aliphatic carbocycles. The average Bonchev–Trinajstić information content (AvgIpc) is 2.84. The number of benzene rings is 1. The van der Waals surface area contributed by atoms with Crippen molar-refractivity contribution >= 4 is 33.1 Å². The van der Waals surface area contributed by atoms with Crippen molar-refractivity contribution in [3.63, 3.8) is 0 Å². The molecular weight excluding hydrogens is 314 g/mol. The van der Waals surface area contributed by atoms with Crippen LogP contribution in [0.1, 0.15) is 11.4 Å². The molecule has 0 fully saturated rings. The van der Waals surface area contributed by atoms with Gasteiger partial charge in [0.15, 0.2) is 14.2 Å². The average molecular weight is 329 g/mol. The highest BCUT2D eigenvalue weighted by molar-refractivity contribution is 8.02. The van der Waals surface area contributed by atoms with Gasteiger partial charge >= 0.3 is 0 Å². The third-order valence-electron chi connectivity index (χ3n) is 2.58. The van der Waals surface area contributed by atoms with Crippen molar-refractivity contribution < 1.29 is 8.42 Å². The van der Waals surface area contributed by atoms with E-state index < -0.39 is 9.84 Å². The summed E-state index contributed by atoms with van der Waals surface area (Å²) in [6.07, 6.45) is 0. The van der Waals surface area contributed by atoms with Crippen molar-refractivity contribution in [3.05, 3.63) is 35.7 Å². The number of nitrogens with two attached hydrogens (primary N) is 1. The maximum Gasteiger partial charge on any atom is 0.179 e. The number of hydrogen-bond donors (Lipinski definition) is 1. The zero-order valence-corrected chi connectivity index (χ0v) is 13.4. The van der Waals surface area contributed by atoms with E-state index in [1.165, 1.54) is 23.3 Å². The lowest BCUT2D eigenvalue weighted by molar-refractivity contribution is 0.597. The number of sulfone groups is 1. The summed E-state index contributed by atoms with van der Waals surface area (Å²) in [4.78, 5) is 4.52. The molecule has 1 heterocycles. The van der Waals surface area contributed by atoms with Gasteiger partial charge in [-0.05, 0) is 36.2 Å². The second-order valence-corrected chi connectivity index (χ2v) is 8.33. The Morgan fingerprint density at radius 1 is 1.40 bits per heavy atom. The van der Waals surface area contributed by atoms with Crippen LogP contribution < -0.4 is 5.73 Å². The predicted octanol–water partition coefficient (Wildman–Crippen LogP) is 1.87. The second kappa shape index (κ2) is 6.66. The third kappa shape index (κ3) is 4.02. The molecule has 0 atom stereocenters. The van der Waals surface area contributed by atoms with Gasteiger partial charge in [-0.15, -0.1) is 0 Å². The van der Waals surface area contributed by atoms with E-state index in [1.54, 1.807) is 18.2 Å². The normalized spacial score (nSPS) is 11.7. The second-order valence-electron chi connectivity index (χ2n) is 4.13. The van der Waals surface area contributed by atoms with Crippen molar-refractivity contribution in [2.45, 2.75) is 22.7 Å². The van der Waals surface area contributed by atoms with E-state index in [0.717, 1.165) is 15.7 Å². The Hall–Kier alpha value is -0.960. The fourth-order valence-electron chi connectivity index (χ4n) is 1.56. The van der Waals surface area contributed by atoms with E-state index in [-0.39, 0.29) is 5.75 Å². The first-order valence-corrected chi connectivity index (χ1v) is 9.37. The molecule has 108 valence electrons. The van der Waals surface area contributed by atoms with Crippen LogP contribution in [-0.4, -0.2) is 29.3 Å². The van der Waals surface area contributed by atoms with Crippen LogP contribution in [0.5, 0.6) is 0 Å². The molecule has 0 radical (unpaired) electrons. The van der Waals surface area contributed by atoms with E-state index in [0.29, 0.717) is 17.2 Å². The lowest BCUT2D eigenvalue weighted by Crippen LogP contribution is -2.09. The van der Waals surface area contributed by atoms with Crippen LogP contribution in [0, 0.1) is 6.92 Å². The van der Waals surface area contributed by atoms with E-state index in [4.69, 9.17) is 5.73 Å². The number of rotatable bonds is 6. The minimum absolute atomic E-state index is 0.0737. The van der Waals surface area contributed by atoms with Crippen molar-refractivity contribution in [2.24, 2.45) is 5.73 Å². The summed E-state index contributed by atoms with van der Waals surface area (Å²) in [5.41, 5.74) is 6.35. The Balaban J connectivity index is 2.00. The third-order valence-corrected chi connectivity index (χ3v) is 6.48. The Kier molecular flexibility index (Phi) is 5.14. The Labute approximate surface area is 126 Å². The van der Waals surface area contributed by atoms with E-state index in [1.807, 2.05) is 13.0 Å². The van der Waals surface area contributed by atoms with Gasteiger partial charge in [0, 0.05) is 12.3 Å². The molecule has 8 heteroatoms. The number of aryl methyl sites for hydroxylation is 1. The molecule has 0 saturated carbocycles. The van der Waals surface area contributed by atoms with Crippen LogP contribution in [0.2, 0.25) is 0 Å². The maximum atomic E-state index is 12.2. The molecule has 5 nitrogen and oxygen atoms in total. The van der Waals surface area contributed by atoms with Crippen molar-refractivity contribution in [3.8, 4) is 0 Å². The number of thioether (sulfide) groups is 1. The van der Waals surface area contributed by atoms with Gasteiger partial charge in [0.25, 0.3) is 0 Å². The molecule has 2 aromatic rings. The quantitative estimate of drug-likeness (QED) is 0.814. The van der Waals surface area contributed by atoms with Crippen molar-refractivity contribution in [2.75, 3.05) is 11.5 Å². The van der Waals surface area contributed by atoms with Crippen molar-refractivity contribution in [1.29, 1.82) is 0 Å². The Bertz CT molecular complexity index is 683. The first kappa shape index (κ1) is 15.4. The van der Waals surface area contributed by atoms with Crippen LogP contribution in [0.25, 0.3) is 0 Å². The highest BCUT2D eigenvalue weighted by Gasteiger charge is 2.15. The van der Waals surface area contributed by atoms with Gasteiger partial charge in [-0.25, -0.2) is 13.4 Å². The number of hydrogen-bond acceptors (Lipinski definition) is 7. The largest absolute Gasteiger partial charge is 0.326 e. The Morgan fingerprint density at radius 2 is 2.20 bits per heavy atom. The number of nitrogens with zero attached hydrogens (tertiary/aromatic N) is 2. The summed E-state index contributed by atoms with van der Waals surface area (Å²) < 4.78 is 29.3. The molecule has 0 spiro atoms. The summed E-state index contributed by atoms with van der Waals surface area (Å²) >= 11 is 2.71. The molecule has 0 aliphatic heterocycles. The molecule has 2 rings (SSSR count). The molecular formula is C12H15N3O2S3. The molecule has 1 aromatic heterocycles. The minimum Gasteiger partial charge on any atom is -0.326 e. The molecule has 0 bridgehead atoms. The molecule has 1 aromatic carbocycles. The maximum absolute atomic E-state index is 12.2. The van der Waals surface area contributed by atoms with Gasteiger partial charge in [-0.2, -0.15) is 4.37 Å². The number of aromatic nitrogens is 2. The first-order chi connectivity index (χ1) is 9.51. The van der Waals surface area contributed by atoms with Crippen molar-refractivity contribution in [1.82, 2.24) is 9.36 Å². The monoisotopic (exact) mass is 329 g/mol. The van der Waals surface area contributed by atoms with Gasteiger partial charge in [0.05, 0.1) is 10.6 Å². The van der Waals surface area contributed by atoms with Gasteiger partial charge in [-0.1, -0.05) is 23.9 Å². The fraction of sp³-hybridized carbons (Fsp3) is 0.333. The van der Waals surface area contributed by atoms with E-state index in [2.05, 4.69) is 9.36 Å². The summed E-state index contributed by atoms with van der Waals surface area (Å²) in [5.74, 6) is 1.25. The standard InChI is InChI=1S/C12H15N3O2S3/c1-9-14-12(19-15-9)18-5-6-20(16,17)11-4-2-3-10(7-11)8-13/h2-4,7H,5-6,8,13H2,1H3. The van der Waals surface area contributed by atoms with E-state index in [9.17, 15) is 8.42 Å². The van der Waals surface area contributed by atoms with Gasteiger partial charge < -0.3 is 5.73 Å². The molecule has 0 saturated heterocycles. The fourth-order valence-corrected chi connectivity index (χ4v) is 4.99. The summed E-state index contributed by atoms with van der Waals surface area (Å²) in [6.45, 7) is 2.15. The molecule has 2 N–H and O–H groups in total. The summed E-state index contributed by atoms with van der Waals surface area (Å²) in [5, 5.41) is 0. The predicted molar refractivity (Wildman–Crippen MR) is 81.8 cm³/mol. The SMILES string of the molecule is Cc1nsc(SCCS(=O)(=O)c2cccc(CN)c2)n1. The van der Waals surface area contributed by atoms with Gasteiger partial charge in [-0.3, -0.25) is 0 Å². The summed E-state index contributed by atoms with van der Waals surface area (Å²) in [7, 11) is -3.28.